The molecule has 0 saturated carbocycles. The third kappa shape index (κ3) is 5.42. The summed E-state index contributed by atoms with van der Waals surface area (Å²) in [7, 11) is -3.57. The highest BCUT2D eigenvalue weighted by atomic mass is 32.2. The fourth-order valence-corrected chi connectivity index (χ4v) is 3.56. The number of primary amides is 1. The molecule has 1 unspecified atom stereocenters. The number of rotatable bonds is 7. The molecule has 132 valence electrons. The molecule has 0 spiro atoms. The Labute approximate surface area is 146 Å². The minimum absolute atomic E-state index is 0.0344. The number of amides is 1. The molecule has 0 aliphatic heterocycles. The van der Waals surface area contributed by atoms with Crippen molar-refractivity contribution in [2.75, 3.05) is 6.26 Å². The summed E-state index contributed by atoms with van der Waals surface area (Å²) >= 11 is 0. The van der Waals surface area contributed by atoms with Gasteiger partial charge in [-0.2, -0.15) is 0 Å². The normalized spacial score (nSPS) is 13.0. The van der Waals surface area contributed by atoms with Crippen LogP contribution in [0.1, 0.15) is 29.3 Å². The molecule has 6 nitrogen and oxygen atoms in total. The molecular weight excluding hydrogens is 340 g/mol. The van der Waals surface area contributed by atoms with Gasteiger partial charge in [0.2, 0.25) is 5.91 Å². The molecule has 0 aliphatic carbocycles. The quantitative estimate of drug-likeness (QED) is 0.814. The number of carbonyl (C=O) groups excluding carboxylic acids is 1. The maximum absolute atomic E-state index is 12.3. The summed E-state index contributed by atoms with van der Waals surface area (Å²) in [4.78, 5) is 23.3. The predicted molar refractivity (Wildman–Crippen MR) is 98.4 cm³/mol. The summed E-state index contributed by atoms with van der Waals surface area (Å²) < 4.78 is 25.1. The van der Waals surface area contributed by atoms with Crippen molar-refractivity contribution in [1.82, 2.24) is 4.57 Å². The lowest BCUT2D eigenvalue weighted by molar-refractivity contribution is -0.118. The molecule has 0 saturated heterocycles. The number of sulfone groups is 1. The fourth-order valence-electron chi connectivity index (χ4n) is 2.43. The highest BCUT2D eigenvalue weighted by Gasteiger charge is 2.23. The van der Waals surface area contributed by atoms with Gasteiger partial charge in [0.15, 0.2) is 9.84 Å². The second-order valence-corrected chi connectivity index (χ2v) is 7.94. The number of aromatic nitrogens is 1. The summed E-state index contributed by atoms with van der Waals surface area (Å²) in [5, 5.41) is -1.11. The van der Waals surface area contributed by atoms with Crippen molar-refractivity contribution in [2.45, 2.75) is 18.2 Å². The number of nitrogens with two attached hydrogens (primary N) is 1. The molecular formula is C18H20N2O4S. The van der Waals surface area contributed by atoms with E-state index >= 15 is 0 Å². The maximum Gasteiger partial charge on any atom is 0.252 e. The lowest BCUT2D eigenvalue weighted by Crippen LogP contribution is -2.30. The third-order valence-electron chi connectivity index (χ3n) is 3.68. The van der Waals surface area contributed by atoms with Crippen molar-refractivity contribution < 1.29 is 13.2 Å². The topological polar surface area (TPSA) is 99.2 Å². The van der Waals surface area contributed by atoms with Crippen LogP contribution < -0.4 is 11.3 Å². The first kappa shape index (κ1) is 18.7. The minimum atomic E-state index is -3.57. The Morgan fingerprint density at radius 3 is 2.36 bits per heavy atom. The Balaban J connectivity index is 2.29. The van der Waals surface area contributed by atoms with E-state index in [4.69, 9.17) is 5.73 Å². The third-order valence-corrected chi connectivity index (χ3v) is 5.13. The summed E-state index contributed by atoms with van der Waals surface area (Å²) in [6.07, 6.45) is 5.96. The number of nitrogens with zero attached hydrogens (tertiary/aromatic N) is 1. The Kier molecular flexibility index (Phi) is 5.93. The van der Waals surface area contributed by atoms with Crippen LogP contribution in [0, 0.1) is 0 Å². The number of hydrogen-bond acceptors (Lipinski definition) is 4. The monoisotopic (exact) mass is 360 g/mol. The molecule has 0 bridgehead atoms. The van der Waals surface area contributed by atoms with Gasteiger partial charge in [0.1, 0.15) is 5.37 Å². The molecule has 2 rings (SSSR count). The van der Waals surface area contributed by atoms with Crippen molar-refractivity contribution in [3.05, 3.63) is 70.1 Å². The Morgan fingerprint density at radius 1 is 1.16 bits per heavy atom. The summed E-state index contributed by atoms with van der Waals surface area (Å²) in [6.45, 7) is 0. The van der Waals surface area contributed by atoms with Crippen LogP contribution in [0.15, 0.2) is 53.5 Å². The van der Waals surface area contributed by atoms with Gasteiger partial charge < -0.3 is 5.73 Å². The zero-order valence-electron chi connectivity index (χ0n) is 13.8. The van der Waals surface area contributed by atoms with Gasteiger partial charge in [0, 0.05) is 24.9 Å². The first-order valence-electron chi connectivity index (χ1n) is 7.70. The van der Waals surface area contributed by atoms with Crippen LogP contribution in [0.4, 0.5) is 0 Å². The van der Waals surface area contributed by atoms with E-state index in [1.165, 1.54) is 12.3 Å². The molecule has 1 atom stereocenters. The van der Waals surface area contributed by atoms with Gasteiger partial charge >= 0.3 is 0 Å². The molecule has 0 radical (unpaired) electrons. The fraction of sp³-hybridized carbons (Fsp3) is 0.222. The lowest BCUT2D eigenvalue weighted by atomic mass is 10.1. The van der Waals surface area contributed by atoms with Crippen molar-refractivity contribution in [3.8, 4) is 0 Å². The highest BCUT2D eigenvalue weighted by molar-refractivity contribution is 7.90. The number of pyridine rings is 1. The molecule has 7 heteroatoms. The summed E-state index contributed by atoms with van der Waals surface area (Å²) in [6, 6.07) is 12.6. The van der Waals surface area contributed by atoms with Gasteiger partial charge in [-0.15, -0.1) is 0 Å². The molecule has 1 aromatic heterocycles. The minimum Gasteiger partial charge on any atom is -0.370 e. The predicted octanol–water partition coefficient (Wildman–Crippen LogP) is 1.83. The standard InChI is InChI=1S/C18H20N2O4S/c1-25(23,24)18(10-9-16(19)21)20-12-11-15(13-17(20)22)8-7-14-5-3-2-4-6-14/h2-8,11-13,18H,9-10H2,1H3,(H2,19,21). The SMILES string of the molecule is CS(=O)(=O)C(CCC(N)=O)n1ccc(C=Cc2ccccc2)cc1=O. The maximum atomic E-state index is 12.3. The van der Waals surface area contributed by atoms with Crippen LogP contribution >= 0.6 is 0 Å². The van der Waals surface area contributed by atoms with E-state index in [2.05, 4.69) is 0 Å². The van der Waals surface area contributed by atoms with Crippen molar-refractivity contribution in [1.29, 1.82) is 0 Å². The van der Waals surface area contributed by atoms with E-state index in [-0.39, 0.29) is 12.8 Å². The summed E-state index contributed by atoms with van der Waals surface area (Å²) in [5.41, 5.74) is 6.29. The van der Waals surface area contributed by atoms with Gasteiger partial charge in [-0.1, -0.05) is 42.5 Å². The van der Waals surface area contributed by atoms with Gasteiger partial charge in [0.05, 0.1) is 0 Å². The van der Waals surface area contributed by atoms with Crippen LogP contribution in [-0.2, 0) is 14.6 Å². The van der Waals surface area contributed by atoms with Crippen molar-refractivity contribution in [2.24, 2.45) is 5.73 Å². The number of hydrogen-bond donors (Lipinski definition) is 1. The van der Waals surface area contributed by atoms with Crippen LogP contribution in [0.25, 0.3) is 12.2 Å². The van der Waals surface area contributed by atoms with Crippen molar-refractivity contribution >= 4 is 27.9 Å². The van der Waals surface area contributed by atoms with E-state index in [1.807, 2.05) is 36.4 Å². The molecule has 0 aliphatic rings. The second-order valence-electron chi connectivity index (χ2n) is 5.74. The van der Waals surface area contributed by atoms with Crippen LogP contribution in [0.2, 0.25) is 0 Å². The zero-order chi connectivity index (χ0) is 18.4. The largest absolute Gasteiger partial charge is 0.370 e. The average molecular weight is 360 g/mol. The summed E-state index contributed by atoms with van der Waals surface area (Å²) in [5.74, 6) is -0.607. The number of carbonyl (C=O) groups is 1. The molecule has 2 aromatic rings. The smallest absolute Gasteiger partial charge is 0.252 e. The molecule has 1 amide bonds. The van der Waals surface area contributed by atoms with Gasteiger partial charge in [-0.3, -0.25) is 14.2 Å². The second kappa shape index (κ2) is 7.94. The zero-order valence-corrected chi connectivity index (χ0v) is 14.6. The van der Waals surface area contributed by atoms with E-state index in [1.54, 1.807) is 12.1 Å². The Morgan fingerprint density at radius 2 is 1.80 bits per heavy atom. The Hall–Kier alpha value is -2.67. The van der Waals surface area contributed by atoms with Crippen LogP contribution in [0.5, 0.6) is 0 Å². The van der Waals surface area contributed by atoms with Crippen LogP contribution in [0.3, 0.4) is 0 Å². The average Bonchev–Trinajstić information content (AvgIpc) is 2.54. The number of benzene rings is 1. The Bertz CT molecular complexity index is 931. The molecule has 25 heavy (non-hydrogen) atoms. The molecule has 1 aromatic carbocycles. The molecule has 2 N–H and O–H groups in total. The first-order chi connectivity index (χ1) is 11.8. The van der Waals surface area contributed by atoms with E-state index in [9.17, 15) is 18.0 Å². The van der Waals surface area contributed by atoms with Gasteiger partial charge in [0.25, 0.3) is 5.56 Å². The molecule has 1 heterocycles. The van der Waals surface area contributed by atoms with Crippen molar-refractivity contribution in [3.63, 3.8) is 0 Å². The van der Waals surface area contributed by atoms with Gasteiger partial charge in [-0.25, -0.2) is 8.42 Å². The molecule has 0 fully saturated rings. The van der Waals surface area contributed by atoms with Gasteiger partial charge in [-0.05, 0) is 23.6 Å². The highest BCUT2D eigenvalue weighted by Crippen LogP contribution is 2.19. The lowest BCUT2D eigenvalue weighted by Gasteiger charge is -2.17. The van der Waals surface area contributed by atoms with E-state index in [0.717, 1.165) is 16.4 Å². The first-order valence-corrected chi connectivity index (χ1v) is 9.65. The van der Waals surface area contributed by atoms with E-state index in [0.29, 0.717) is 5.56 Å². The van der Waals surface area contributed by atoms with E-state index < -0.39 is 26.7 Å². The van der Waals surface area contributed by atoms with Crippen LogP contribution in [-0.4, -0.2) is 25.1 Å².